The van der Waals surface area contributed by atoms with Gasteiger partial charge < -0.3 is 39.9 Å². The van der Waals surface area contributed by atoms with Gasteiger partial charge in [-0.15, -0.1) is 0 Å². The van der Waals surface area contributed by atoms with Gasteiger partial charge in [0.05, 0.1) is 45.0 Å². The molecule has 7 saturated carbocycles. The number of aromatic nitrogens is 1. The van der Waals surface area contributed by atoms with Crippen molar-refractivity contribution in [2.24, 2.45) is 92.7 Å². The van der Waals surface area contributed by atoms with Crippen LogP contribution in [0.4, 0.5) is 5.69 Å². The first-order chi connectivity index (χ1) is 41.5. The second-order valence-electron chi connectivity index (χ2n) is 32.6. The van der Waals surface area contributed by atoms with E-state index in [2.05, 4.69) is 119 Å². The van der Waals surface area contributed by atoms with Gasteiger partial charge in [0.15, 0.2) is 0 Å². The van der Waals surface area contributed by atoms with E-state index in [-0.39, 0.29) is 41.5 Å². The topological polar surface area (TPSA) is 152 Å². The van der Waals surface area contributed by atoms with Crippen LogP contribution >= 0.6 is 11.6 Å². The highest BCUT2D eigenvalue weighted by Crippen LogP contribution is 2.70. The molecule has 10 rings (SSSR count). The maximum Gasteiger partial charge on any atom is 0.303 e. The highest BCUT2D eigenvalue weighted by atomic mass is 35.5. The van der Waals surface area contributed by atoms with Crippen LogP contribution in [0.25, 0.3) is 10.9 Å². The zero-order valence-corrected chi connectivity index (χ0v) is 59.0. The third kappa shape index (κ3) is 17.5. The van der Waals surface area contributed by atoms with E-state index >= 15 is 0 Å². The molecule has 1 aromatic carbocycles. The Morgan fingerprint density at radius 3 is 2.02 bits per heavy atom. The quantitative estimate of drug-likeness (QED) is 0.0492. The zero-order chi connectivity index (χ0) is 64.5. The molecule has 8 aliphatic carbocycles. The molecule has 1 heterocycles. The number of carboxylic acid groups (broad SMARTS) is 1. The van der Waals surface area contributed by atoms with Crippen molar-refractivity contribution in [3.63, 3.8) is 0 Å². The number of ether oxygens (including phenoxy) is 1. The fourth-order valence-corrected chi connectivity index (χ4v) is 20.8. The van der Waals surface area contributed by atoms with Crippen molar-refractivity contribution in [1.29, 1.82) is 0 Å². The molecule has 11 nitrogen and oxygen atoms in total. The Labute approximate surface area is 540 Å². The number of carbonyl (C=O) groups excluding carboxylic acids is 1. The molecule has 2 aromatic rings. The summed E-state index contributed by atoms with van der Waals surface area (Å²) in [5, 5.41) is 46.2. The Morgan fingerprint density at radius 1 is 0.750 bits per heavy atom. The van der Waals surface area contributed by atoms with E-state index in [1.54, 1.807) is 5.57 Å². The Morgan fingerprint density at radius 2 is 1.38 bits per heavy atom. The second-order valence-corrected chi connectivity index (χ2v) is 33.1. The number of hydrogen-bond acceptors (Lipinski definition) is 9. The predicted octanol–water partition coefficient (Wildman–Crippen LogP) is 16.9. The molecule has 0 bridgehead atoms. The standard InChI is InChI=1S/C27H46O.C24H40O4.C18H26ClN3.C7H16NO2/c1-18(2)7-6-8-19(3)23-11-12-24-22-10-9-20-17-21(28)13-15-26(20,4)25(22)14-16-27(23,24)5;1-14(4-7-21(27)28)17-5-6-18-22-19(9-11-24(17,18)3)23(2)10-8-16(25)12-15(23)13-20(22)26;1-4-22(5-2)12-6-7-14(3)21-17-10-11-20-18-13-15(19)8-9-16(17)18;1-7(9)10-6-5-8(2,3)4/h9,18-19,21-25,28H,6-8,10-17H2,1-5H3;14-20,22,25-26H,4-13H2,1-3H3,(H,27,28);8-11,13-14H,4-7,12H2,1-3H3,(H,20,21);5-6H2,1-4H3/q;;;+1/t19-,21+,22+,23-,24+,25+,26+,27-;14-,15+,16-,17-,18+,19+,20-,22+,23+,24-;;/m11../s1. The molecule has 7 fully saturated rings. The van der Waals surface area contributed by atoms with Gasteiger partial charge in [0.1, 0.15) is 13.2 Å². The van der Waals surface area contributed by atoms with Crippen LogP contribution in [0.15, 0.2) is 42.1 Å². The van der Waals surface area contributed by atoms with Crippen molar-refractivity contribution < 1.29 is 39.2 Å². The summed E-state index contributed by atoms with van der Waals surface area (Å²) in [6, 6.07) is 8.35. The highest BCUT2D eigenvalue weighted by molar-refractivity contribution is 6.31. The lowest BCUT2D eigenvalue weighted by Crippen LogP contribution is -2.58. The number of aliphatic carboxylic acids is 1. The molecular weight excluding hydrogens is 1120 g/mol. The van der Waals surface area contributed by atoms with Crippen LogP contribution in [0.3, 0.4) is 0 Å². The van der Waals surface area contributed by atoms with Crippen LogP contribution in [0.2, 0.25) is 5.02 Å². The van der Waals surface area contributed by atoms with Crippen LogP contribution in [-0.4, -0.2) is 125 Å². The Hall–Kier alpha value is -2.80. The highest BCUT2D eigenvalue weighted by Gasteiger charge is 2.63. The molecule has 0 spiro atoms. The molecule has 0 radical (unpaired) electrons. The number of benzene rings is 1. The molecule has 5 N–H and O–H groups in total. The lowest BCUT2D eigenvalue weighted by molar-refractivity contribution is -0.870. The second kappa shape index (κ2) is 31.4. The van der Waals surface area contributed by atoms with Crippen LogP contribution in [0.5, 0.6) is 0 Å². The number of hydrogen-bond donors (Lipinski definition) is 5. The minimum atomic E-state index is -0.684. The van der Waals surface area contributed by atoms with E-state index in [4.69, 9.17) is 21.4 Å². The third-order valence-electron chi connectivity index (χ3n) is 25.7. The fraction of sp³-hybridized carbons (Fsp3) is 0.829. The van der Waals surface area contributed by atoms with Crippen molar-refractivity contribution in [3.8, 4) is 0 Å². The van der Waals surface area contributed by atoms with Crippen molar-refractivity contribution in [2.45, 2.75) is 255 Å². The average Bonchev–Trinajstić information content (AvgIpc) is 1.38. The summed E-state index contributed by atoms with van der Waals surface area (Å²) in [5.74, 6) is 7.61. The van der Waals surface area contributed by atoms with Crippen LogP contribution in [0, 0.1) is 92.7 Å². The van der Waals surface area contributed by atoms with Crippen molar-refractivity contribution in [3.05, 3.63) is 47.1 Å². The van der Waals surface area contributed by atoms with Crippen molar-refractivity contribution >= 4 is 40.1 Å². The van der Waals surface area contributed by atoms with E-state index in [0.717, 1.165) is 133 Å². The van der Waals surface area contributed by atoms with Gasteiger partial charge in [0, 0.05) is 41.7 Å². The molecule has 1 unspecified atom stereocenters. The lowest BCUT2D eigenvalue weighted by atomic mass is 9.43. The van der Waals surface area contributed by atoms with Gasteiger partial charge in [-0.25, -0.2) is 0 Å². The van der Waals surface area contributed by atoms with Gasteiger partial charge in [-0.3, -0.25) is 14.6 Å². The number of pyridine rings is 1. The first-order valence-corrected chi connectivity index (χ1v) is 36.3. The maximum absolute atomic E-state index is 11.2. The molecule has 0 amide bonds. The van der Waals surface area contributed by atoms with Gasteiger partial charge in [-0.05, 0) is 265 Å². The van der Waals surface area contributed by atoms with Crippen LogP contribution in [-0.2, 0) is 14.3 Å². The smallest absolute Gasteiger partial charge is 0.303 e. The predicted molar refractivity (Wildman–Crippen MR) is 364 cm³/mol. The number of rotatable bonds is 20. The largest absolute Gasteiger partial charge is 0.481 e. The number of carbonyl (C=O) groups is 2. The first kappa shape index (κ1) is 72.6. The van der Waals surface area contributed by atoms with Gasteiger partial charge in [0.25, 0.3) is 0 Å². The van der Waals surface area contributed by atoms with Gasteiger partial charge in [0.2, 0.25) is 0 Å². The summed E-state index contributed by atoms with van der Waals surface area (Å²) in [4.78, 5) is 28.2. The minimum absolute atomic E-state index is 0.0766. The Kier molecular flexibility index (Phi) is 25.9. The Bertz CT molecular complexity index is 2570. The number of nitrogens with zero attached hydrogens (tertiary/aromatic N) is 3. The molecule has 0 aliphatic heterocycles. The van der Waals surface area contributed by atoms with E-state index in [9.17, 15) is 24.9 Å². The van der Waals surface area contributed by atoms with Crippen molar-refractivity contribution in [2.75, 3.05) is 59.2 Å². The monoisotopic (exact) mass is 1240 g/mol. The third-order valence-corrected chi connectivity index (χ3v) is 25.9. The zero-order valence-electron chi connectivity index (χ0n) is 58.2. The number of aliphatic hydroxyl groups excluding tert-OH is 3. The number of nitrogens with one attached hydrogen (secondary N) is 1. The SMILES string of the molecule is CC(=O)OCC[N+](C)(C)C.CC(C)CCC[C@@H](C)[C@H]1CC[C@H]2[C@@H]3CC=C4C[C@@H](O)CC[C@]4(C)[C@H]3CC[C@]12C.CCN(CC)CCCC(C)Nc1ccnc2cc(Cl)ccc12.C[C@H](CCC(=O)O)[C@H]1CC[C@H]2[C@@H]3[C@H](O)C[C@@H]4C[C@H](O)CC[C@]4(C)[C@H]3CC[C@]12C. The summed E-state index contributed by atoms with van der Waals surface area (Å²) >= 11 is 6.04. The molecule has 88 heavy (non-hydrogen) atoms. The van der Waals surface area contributed by atoms with Gasteiger partial charge >= 0.3 is 11.9 Å². The number of allylic oxidation sites excluding steroid dienone is 1. The molecule has 19 atom stereocenters. The van der Waals surface area contributed by atoms with E-state index < -0.39 is 5.97 Å². The molecule has 8 aliphatic rings. The minimum Gasteiger partial charge on any atom is -0.481 e. The van der Waals surface area contributed by atoms with Crippen LogP contribution < -0.4 is 5.32 Å². The van der Waals surface area contributed by atoms with E-state index in [0.29, 0.717) is 59.0 Å². The van der Waals surface area contributed by atoms with E-state index in [1.807, 2.05) is 30.5 Å². The number of carboxylic acids is 1. The number of anilines is 1. The first-order valence-electron chi connectivity index (χ1n) is 35.9. The summed E-state index contributed by atoms with van der Waals surface area (Å²) < 4.78 is 5.59. The molecule has 0 saturated heterocycles. The average molecular weight is 1250 g/mol. The lowest BCUT2D eigenvalue weighted by Gasteiger charge is -2.62. The summed E-state index contributed by atoms with van der Waals surface area (Å²) in [7, 11) is 6.18. The number of likely N-dealkylation sites (N-methyl/N-ethyl adjacent to an activating group) is 1. The summed E-state index contributed by atoms with van der Waals surface area (Å²) in [6.07, 6.45) is 30.6. The van der Waals surface area contributed by atoms with Crippen LogP contribution in [0.1, 0.15) is 231 Å². The van der Waals surface area contributed by atoms with Gasteiger partial charge in [-0.2, -0.15) is 0 Å². The molecule has 1 aromatic heterocycles. The number of esters is 1. The number of halogens is 1. The normalized spacial score (nSPS) is 35.7. The number of aliphatic hydroxyl groups is 3. The fourth-order valence-electron chi connectivity index (χ4n) is 20.6. The molecular formula is C76H128ClN4O7+. The summed E-state index contributed by atoms with van der Waals surface area (Å²) in [6.45, 7) is 32.7. The van der Waals surface area contributed by atoms with Crippen molar-refractivity contribution in [1.82, 2.24) is 9.88 Å². The number of quaternary nitrogens is 1. The molecule has 500 valence electrons. The number of fused-ring (bicyclic) bond motifs is 11. The Balaban J connectivity index is 0.000000176. The van der Waals surface area contributed by atoms with E-state index in [1.165, 1.54) is 103 Å². The summed E-state index contributed by atoms with van der Waals surface area (Å²) in [5.41, 5.74) is 5.20. The van der Waals surface area contributed by atoms with Gasteiger partial charge in [-0.1, -0.05) is 112 Å². The maximum atomic E-state index is 11.2. The molecule has 12 heteroatoms.